The van der Waals surface area contributed by atoms with Crippen LogP contribution < -0.4 is 4.74 Å². The van der Waals surface area contributed by atoms with E-state index >= 15 is 0 Å². The minimum atomic E-state index is -4.49. The van der Waals surface area contributed by atoms with Crippen molar-refractivity contribution in [2.45, 2.75) is 19.0 Å². The number of carbonyl (C=O) groups is 2. The number of benzene rings is 1. The molecule has 0 N–H and O–H groups in total. The molecule has 2 amide bonds. The summed E-state index contributed by atoms with van der Waals surface area (Å²) in [6, 6.07) is 4.71. The molecule has 0 atom stereocenters. The molecule has 184 valence electrons. The Balaban J connectivity index is 1.44. The molecule has 0 spiro atoms. The summed E-state index contributed by atoms with van der Waals surface area (Å²) in [7, 11) is 3.42. The number of methoxy groups -OCH3 is 1. The number of nitrogens with zero attached hydrogens (tertiary/aromatic N) is 5. The fraction of sp³-hybridized carbons (Fsp3) is 0.522. The van der Waals surface area contributed by atoms with E-state index in [1.165, 1.54) is 30.1 Å². The molecule has 0 unspecified atom stereocenters. The normalized spacial score (nSPS) is 18.3. The molecule has 2 aliphatic rings. The second-order valence-corrected chi connectivity index (χ2v) is 8.73. The van der Waals surface area contributed by atoms with E-state index in [-0.39, 0.29) is 34.9 Å². The third kappa shape index (κ3) is 5.03. The molecule has 0 radical (unpaired) electrons. The van der Waals surface area contributed by atoms with Gasteiger partial charge in [0.25, 0.3) is 5.91 Å². The van der Waals surface area contributed by atoms with Crippen LogP contribution in [0.25, 0.3) is 5.69 Å². The number of ether oxygens (including phenoxy) is 1. The van der Waals surface area contributed by atoms with E-state index in [1.54, 1.807) is 4.90 Å². The molecule has 4 rings (SSSR count). The van der Waals surface area contributed by atoms with E-state index < -0.39 is 11.7 Å². The van der Waals surface area contributed by atoms with Crippen molar-refractivity contribution in [2.75, 3.05) is 53.4 Å². The van der Waals surface area contributed by atoms with Gasteiger partial charge in [-0.15, -0.1) is 0 Å². The van der Waals surface area contributed by atoms with E-state index in [2.05, 4.69) is 10.00 Å². The molecule has 2 saturated heterocycles. The summed E-state index contributed by atoms with van der Waals surface area (Å²) in [5.41, 5.74) is -0.605. The molecule has 11 heteroatoms. The molecular weight excluding hydrogens is 451 g/mol. The fourth-order valence-corrected chi connectivity index (χ4v) is 4.38. The van der Waals surface area contributed by atoms with Crippen LogP contribution in [-0.4, -0.2) is 89.7 Å². The van der Waals surface area contributed by atoms with Crippen LogP contribution in [0.15, 0.2) is 30.5 Å². The first-order valence-electron chi connectivity index (χ1n) is 11.2. The number of halogens is 3. The number of likely N-dealkylation sites (N-methyl/N-ethyl adjacent to an activating group) is 1. The molecular formula is C23H28F3N5O3. The number of amides is 2. The Morgan fingerprint density at radius 2 is 1.71 bits per heavy atom. The van der Waals surface area contributed by atoms with Crippen molar-refractivity contribution in [1.29, 1.82) is 0 Å². The van der Waals surface area contributed by atoms with E-state index in [4.69, 9.17) is 4.74 Å². The highest BCUT2D eigenvalue weighted by atomic mass is 19.4. The van der Waals surface area contributed by atoms with E-state index in [1.807, 2.05) is 11.9 Å². The number of hydrogen-bond donors (Lipinski definition) is 0. The standard InChI is InChI=1S/C23H28F3N5O3/c1-28-10-12-30(13-11-28)21(32)16-6-8-29(9-7-16)22(33)20-19(34-2)15-31(27-20)18-5-3-4-17(14-18)23(24,25)26/h3-5,14-16H,6-13H2,1-2H3. The van der Waals surface area contributed by atoms with Crippen LogP contribution in [0.4, 0.5) is 13.2 Å². The summed E-state index contributed by atoms with van der Waals surface area (Å²) in [5, 5.41) is 4.24. The summed E-state index contributed by atoms with van der Waals surface area (Å²) in [5.74, 6) is -0.158. The number of likely N-dealkylation sites (tertiary alicyclic amines) is 1. The number of rotatable bonds is 4. The topological polar surface area (TPSA) is 70.9 Å². The Bertz CT molecular complexity index is 1040. The number of aromatic nitrogens is 2. The highest BCUT2D eigenvalue weighted by Crippen LogP contribution is 2.31. The second-order valence-electron chi connectivity index (χ2n) is 8.73. The molecule has 3 heterocycles. The van der Waals surface area contributed by atoms with Crippen LogP contribution in [0.3, 0.4) is 0 Å². The zero-order chi connectivity index (χ0) is 24.5. The smallest absolute Gasteiger partial charge is 0.416 e. The van der Waals surface area contributed by atoms with Crippen LogP contribution in [0.5, 0.6) is 5.75 Å². The molecule has 1 aromatic heterocycles. The van der Waals surface area contributed by atoms with Crippen LogP contribution in [0.1, 0.15) is 28.9 Å². The lowest BCUT2D eigenvalue weighted by Gasteiger charge is -2.37. The lowest BCUT2D eigenvalue weighted by molar-refractivity contribution is -0.138. The monoisotopic (exact) mass is 479 g/mol. The molecule has 0 aliphatic carbocycles. The van der Waals surface area contributed by atoms with Gasteiger partial charge in [-0.25, -0.2) is 4.68 Å². The van der Waals surface area contributed by atoms with Crippen molar-refractivity contribution in [1.82, 2.24) is 24.5 Å². The third-order valence-corrected chi connectivity index (χ3v) is 6.49. The van der Waals surface area contributed by atoms with Gasteiger partial charge in [0, 0.05) is 45.2 Å². The van der Waals surface area contributed by atoms with Crippen LogP contribution in [0, 0.1) is 5.92 Å². The average molecular weight is 480 g/mol. The summed E-state index contributed by atoms with van der Waals surface area (Å²) in [6.07, 6.45) is -1.97. The minimum Gasteiger partial charge on any atom is -0.493 e. The van der Waals surface area contributed by atoms with Gasteiger partial charge in [-0.3, -0.25) is 9.59 Å². The van der Waals surface area contributed by atoms with Crippen molar-refractivity contribution in [3.8, 4) is 11.4 Å². The van der Waals surface area contributed by atoms with Gasteiger partial charge in [0.2, 0.25) is 5.91 Å². The van der Waals surface area contributed by atoms with Crippen LogP contribution in [-0.2, 0) is 11.0 Å². The van der Waals surface area contributed by atoms with Gasteiger partial charge in [-0.05, 0) is 38.1 Å². The number of piperazine rings is 1. The van der Waals surface area contributed by atoms with Crippen LogP contribution >= 0.6 is 0 Å². The molecule has 34 heavy (non-hydrogen) atoms. The quantitative estimate of drug-likeness (QED) is 0.674. The summed E-state index contributed by atoms with van der Waals surface area (Å²) in [4.78, 5) is 31.7. The van der Waals surface area contributed by atoms with Crippen LogP contribution in [0.2, 0.25) is 0 Å². The Labute approximate surface area is 195 Å². The molecule has 2 aliphatic heterocycles. The predicted molar refractivity (Wildman–Crippen MR) is 118 cm³/mol. The van der Waals surface area contributed by atoms with E-state index in [0.29, 0.717) is 25.9 Å². The van der Waals surface area contributed by atoms with Gasteiger partial charge < -0.3 is 19.4 Å². The Kier molecular flexibility index (Phi) is 6.83. The van der Waals surface area contributed by atoms with Gasteiger partial charge in [0.05, 0.1) is 24.6 Å². The SMILES string of the molecule is COc1cn(-c2cccc(C(F)(F)F)c2)nc1C(=O)N1CCC(C(=O)N2CCN(C)CC2)CC1. The van der Waals surface area contributed by atoms with Crippen molar-refractivity contribution in [3.63, 3.8) is 0 Å². The number of carbonyl (C=O) groups excluding carboxylic acids is 2. The second kappa shape index (κ2) is 9.65. The first-order chi connectivity index (χ1) is 16.2. The first kappa shape index (κ1) is 24.1. The number of hydrogen-bond acceptors (Lipinski definition) is 5. The average Bonchev–Trinajstić information content (AvgIpc) is 3.28. The maximum Gasteiger partial charge on any atom is 0.416 e. The lowest BCUT2D eigenvalue weighted by Crippen LogP contribution is -2.51. The lowest BCUT2D eigenvalue weighted by atomic mass is 9.94. The van der Waals surface area contributed by atoms with Crippen molar-refractivity contribution < 1.29 is 27.5 Å². The fourth-order valence-electron chi connectivity index (χ4n) is 4.38. The maximum absolute atomic E-state index is 13.2. The number of alkyl halides is 3. The van der Waals surface area contributed by atoms with Crippen molar-refractivity contribution in [3.05, 3.63) is 41.7 Å². The Morgan fingerprint density at radius 1 is 1.03 bits per heavy atom. The third-order valence-electron chi connectivity index (χ3n) is 6.49. The molecule has 8 nitrogen and oxygen atoms in total. The van der Waals surface area contributed by atoms with Gasteiger partial charge in [0.1, 0.15) is 0 Å². The highest BCUT2D eigenvalue weighted by Gasteiger charge is 2.34. The Hall–Kier alpha value is -3.08. The minimum absolute atomic E-state index is 0.0313. The molecule has 0 saturated carbocycles. The van der Waals surface area contributed by atoms with Gasteiger partial charge >= 0.3 is 6.18 Å². The maximum atomic E-state index is 13.2. The van der Waals surface area contributed by atoms with Crippen molar-refractivity contribution >= 4 is 11.8 Å². The summed E-state index contributed by atoms with van der Waals surface area (Å²) < 4.78 is 45.8. The molecule has 2 aromatic rings. The predicted octanol–water partition coefficient (Wildman–Crippen LogP) is 2.53. The zero-order valence-electron chi connectivity index (χ0n) is 19.2. The van der Waals surface area contributed by atoms with Gasteiger partial charge in [0.15, 0.2) is 11.4 Å². The molecule has 1 aromatic carbocycles. The zero-order valence-corrected chi connectivity index (χ0v) is 19.2. The summed E-state index contributed by atoms with van der Waals surface area (Å²) in [6.45, 7) is 3.97. The number of piperidine rings is 1. The first-order valence-corrected chi connectivity index (χ1v) is 11.2. The van der Waals surface area contributed by atoms with E-state index in [0.717, 1.165) is 38.3 Å². The summed E-state index contributed by atoms with van der Waals surface area (Å²) >= 11 is 0. The van der Waals surface area contributed by atoms with Crippen molar-refractivity contribution in [2.24, 2.45) is 5.92 Å². The largest absolute Gasteiger partial charge is 0.493 e. The highest BCUT2D eigenvalue weighted by molar-refractivity contribution is 5.95. The van der Waals surface area contributed by atoms with E-state index in [9.17, 15) is 22.8 Å². The molecule has 0 bridgehead atoms. The molecule has 2 fully saturated rings. The van der Waals surface area contributed by atoms with Gasteiger partial charge in [-0.1, -0.05) is 6.07 Å². The Morgan fingerprint density at radius 3 is 2.32 bits per heavy atom. The van der Waals surface area contributed by atoms with Gasteiger partial charge in [-0.2, -0.15) is 18.3 Å².